The second-order valence-electron chi connectivity index (χ2n) is 4.53. The summed E-state index contributed by atoms with van der Waals surface area (Å²) in [6.07, 6.45) is 5.07. The van der Waals surface area contributed by atoms with Gasteiger partial charge in [-0.2, -0.15) is 0 Å². The Bertz CT molecular complexity index is 443. The number of hydrogen-bond acceptors (Lipinski definition) is 3. The maximum atomic E-state index is 12.0. The molecule has 0 unspecified atom stereocenters. The van der Waals surface area contributed by atoms with Gasteiger partial charge in [0.15, 0.2) is 5.11 Å². The van der Waals surface area contributed by atoms with Crippen LogP contribution in [-0.4, -0.2) is 47.1 Å². The van der Waals surface area contributed by atoms with Crippen molar-refractivity contribution < 1.29 is 4.79 Å². The molecule has 5 nitrogen and oxygen atoms in total. The number of hydrogen-bond donors (Lipinski definition) is 2. The molecule has 0 radical (unpaired) electrons. The van der Waals surface area contributed by atoms with Gasteiger partial charge in [-0.3, -0.25) is 9.78 Å². The van der Waals surface area contributed by atoms with E-state index >= 15 is 0 Å². The van der Waals surface area contributed by atoms with Gasteiger partial charge in [0, 0.05) is 38.6 Å². The molecular weight excluding hydrogens is 260 g/mol. The fourth-order valence-corrected chi connectivity index (χ4v) is 2.33. The van der Waals surface area contributed by atoms with Crippen LogP contribution in [0.5, 0.6) is 0 Å². The molecule has 0 saturated carbocycles. The third-order valence-corrected chi connectivity index (χ3v) is 3.72. The molecule has 2 heterocycles. The normalized spacial score (nSPS) is 15.9. The van der Waals surface area contributed by atoms with Crippen LogP contribution < -0.4 is 10.6 Å². The van der Waals surface area contributed by atoms with Gasteiger partial charge in [-0.25, -0.2) is 0 Å². The highest BCUT2D eigenvalue weighted by atomic mass is 32.1. The van der Waals surface area contributed by atoms with E-state index in [-0.39, 0.29) is 11.9 Å². The van der Waals surface area contributed by atoms with Gasteiger partial charge in [0.1, 0.15) is 0 Å². The van der Waals surface area contributed by atoms with E-state index in [1.54, 1.807) is 24.5 Å². The lowest BCUT2D eigenvalue weighted by Crippen LogP contribution is -2.48. The summed E-state index contributed by atoms with van der Waals surface area (Å²) in [6.45, 7) is 1.75. The highest BCUT2D eigenvalue weighted by Gasteiger charge is 2.22. The largest absolute Gasteiger partial charge is 0.366 e. The van der Waals surface area contributed by atoms with E-state index in [0.29, 0.717) is 5.56 Å². The second-order valence-corrected chi connectivity index (χ2v) is 4.92. The third-order valence-electron chi connectivity index (χ3n) is 3.25. The highest BCUT2D eigenvalue weighted by molar-refractivity contribution is 7.80. The number of amides is 1. The van der Waals surface area contributed by atoms with Gasteiger partial charge in [0.25, 0.3) is 5.91 Å². The average Bonchev–Trinajstić information content (AvgIpc) is 2.48. The predicted molar refractivity (Wildman–Crippen MR) is 78.0 cm³/mol. The molecule has 0 aromatic carbocycles. The molecule has 1 saturated heterocycles. The van der Waals surface area contributed by atoms with Crippen molar-refractivity contribution in [2.45, 2.75) is 18.9 Å². The minimum atomic E-state index is -0.0530. The van der Waals surface area contributed by atoms with E-state index < -0.39 is 0 Å². The average molecular weight is 278 g/mol. The van der Waals surface area contributed by atoms with Crippen molar-refractivity contribution in [3.63, 3.8) is 0 Å². The first-order valence-electron chi connectivity index (χ1n) is 6.38. The number of carbonyl (C=O) groups excluding carboxylic acids is 1. The lowest BCUT2D eigenvalue weighted by Gasteiger charge is -2.33. The molecular formula is C13H18N4OS. The molecule has 2 rings (SSSR count). The molecule has 102 valence electrons. The summed E-state index contributed by atoms with van der Waals surface area (Å²) in [6, 6.07) is 3.75. The SMILES string of the molecule is CNC(=S)N1CCC(NC(=O)c2cccnc2)CC1. The summed E-state index contributed by atoms with van der Waals surface area (Å²) >= 11 is 5.20. The monoisotopic (exact) mass is 278 g/mol. The van der Waals surface area contributed by atoms with Crippen LogP contribution in [0.2, 0.25) is 0 Å². The van der Waals surface area contributed by atoms with Crippen molar-refractivity contribution in [2.75, 3.05) is 20.1 Å². The number of carbonyl (C=O) groups is 1. The van der Waals surface area contributed by atoms with Gasteiger partial charge >= 0.3 is 0 Å². The quantitative estimate of drug-likeness (QED) is 0.783. The Morgan fingerprint density at radius 3 is 2.79 bits per heavy atom. The smallest absolute Gasteiger partial charge is 0.253 e. The van der Waals surface area contributed by atoms with Gasteiger partial charge in [0.05, 0.1) is 5.56 Å². The number of pyridine rings is 1. The fourth-order valence-electron chi connectivity index (χ4n) is 2.15. The number of piperidine rings is 1. The van der Waals surface area contributed by atoms with Crippen molar-refractivity contribution in [1.82, 2.24) is 20.5 Å². The van der Waals surface area contributed by atoms with Crippen molar-refractivity contribution in [3.05, 3.63) is 30.1 Å². The van der Waals surface area contributed by atoms with Gasteiger partial charge in [-0.1, -0.05) is 0 Å². The Kier molecular flexibility index (Phi) is 4.68. The Morgan fingerprint density at radius 2 is 2.21 bits per heavy atom. The van der Waals surface area contributed by atoms with Gasteiger partial charge < -0.3 is 15.5 Å². The molecule has 1 amide bonds. The van der Waals surface area contributed by atoms with Crippen LogP contribution in [0.3, 0.4) is 0 Å². The van der Waals surface area contributed by atoms with Crippen LogP contribution in [0.15, 0.2) is 24.5 Å². The molecule has 1 fully saturated rings. The van der Waals surface area contributed by atoms with Gasteiger partial charge in [-0.15, -0.1) is 0 Å². The molecule has 0 aliphatic carbocycles. The van der Waals surface area contributed by atoms with E-state index in [9.17, 15) is 4.79 Å². The van der Waals surface area contributed by atoms with E-state index in [1.165, 1.54) is 0 Å². The molecule has 19 heavy (non-hydrogen) atoms. The first-order chi connectivity index (χ1) is 9.20. The standard InChI is InChI=1S/C13H18N4OS/c1-14-13(19)17-7-4-11(5-8-17)16-12(18)10-3-2-6-15-9-10/h2-3,6,9,11H,4-5,7-8H2,1H3,(H,14,19)(H,16,18). The molecule has 1 aromatic rings. The number of aromatic nitrogens is 1. The molecule has 0 bridgehead atoms. The van der Waals surface area contributed by atoms with Gasteiger partial charge in [0.2, 0.25) is 0 Å². The van der Waals surface area contributed by atoms with Crippen molar-refractivity contribution >= 4 is 23.2 Å². The van der Waals surface area contributed by atoms with E-state index in [0.717, 1.165) is 31.0 Å². The third kappa shape index (κ3) is 3.64. The first kappa shape index (κ1) is 13.7. The Hall–Kier alpha value is -1.69. The summed E-state index contributed by atoms with van der Waals surface area (Å²) < 4.78 is 0. The minimum Gasteiger partial charge on any atom is -0.366 e. The van der Waals surface area contributed by atoms with E-state index in [2.05, 4.69) is 20.5 Å². The zero-order chi connectivity index (χ0) is 13.7. The Morgan fingerprint density at radius 1 is 1.47 bits per heavy atom. The number of nitrogens with one attached hydrogen (secondary N) is 2. The van der Waals surface area contributed by atoms with Crippen LogP contribution >= 0.6 is 12.2 Å². The van der Waals surface area contributed by atoms with E-state index in [1.807, 2.05) is 7.05 Å². The zero-order valence-electron chi connectivity index (χ0n) is 10.9. The molecule has 0 atom stereocenters. The van der Waals surface area contributed by atoms with Crippen LogP contribution in [0.4, 0.5) is 0 Å². The number of thiocarbonyl (C=S) groups is 1. The van der Waals surface area contributed by atoms with E-state index in [4.69, 9.17) is 12.2 Å². The molecule has 2 N–H and O–H groups in total. The van der Waals surface area contributed by atoms with Gasteiger partial charge in [-0.05, 0) is 37.2 Å². The number of nitrogens with zero attached hydrogens (tertiary/aromatic N) is 2. The summed E-state index contributed by atoms with van der Waals surface area (Å²) in [7, 11) is 1.83. The zero-order valence-corrected chi connectivity index (χ0v) is 11.7. The summed E-state index contributed by atoms with van der Waals surface area (Å²) in [5.41, 5.74) is 0.607. The molecule has 0 spiro atoms. The van der Waals surface area contributed by atoms with Crippen molar-refractivity contribution in [1.29, 1.82) is 0 Å². The summed E-state index contributed by atoms with van der Waals surface area (Å²) in [5, 5.41) is 6.80. The van der Waals surface area contributed by atoms with Crippen LogP contribution in [0.25, 0.3) is 0 Å². The predicted octanol–water partition coefficient (Wildman–Crippen LogP) is 0.780. The minimum absolute atomic E-state index is 0.0530. The Labute approximate surface area is 118 Å². The molecule has 1 aromatic heterocycles. The molecule has 1 aliphatic rings. The highest BCUT2D eigenvalue weighted by Crippen LogP contribution is 2.11. The summed E-state index contributed by atoms with van der Waals surface area (Å²) in [5.74, 6) is -0.0530. The molecule has 6 heteroatoms. The van der Waals surface area contributed by atoms with Crippen LogP contribution in [0.1, 0.15) is 23.2 Å². The number of rotatable bonds is 2. The van der Waals surface area contributed by atoms with Crippen molar-refractivity contribution in [3.8, 4) is 0 Å². The lowest BCUT2D eigenvalue weighted by atomic mass is 10.0. The maximum absolute atomic E-state index is 12.0. The van der Waals surface area contributed by atoms with Crippen LogP contribution in [-0.2, 0) is 0 Å². The van der Waals surface area contributed by atoms with Crippen molar-refractivity contribution in [2.24, 2.45) is 0 Å². The second kappa shape index (κ2) is 6.47. The fraction of sp³-hybridized carbons (Fsp3) is 0.462. The number of likely N-dealkylation sites (tertiary alicyclic amines) is 1. The topological polar surface area (TPSA) is 57.3 Å². The van der Waals surface area contributed by atoms with Crippen LogP contribution in [0, 0.1) is 0 Å². The summed E-state index contributed by atoms with van der Waals surface area (Å²) in [4.78, 5) is 18.1. The lowest BCUT2D eigenvalue weighted by molar-refractivity contribution is 0.0922. The first-order valence-corrected chi connectivity index (χ1v) is 6.79. The maximum Gasteiger partial charge on any atom is 0.253 e. The Balaban J connectivity index is 1.83. The molecule has 1 aliphatic heterocycles.